The van der Waals surface area contributed by atoms with E-state index in [2.05, 4.69) is 20.3 Å². The topological polar surface area (TPSA) is 86.0 Å². The Kier molecular flexibility index (Phi) is 5.47. The van der Waals surface area contributed by atoms with Gasteiger partial charge in [-0.3, -0.25) is 4.98 Å². The fourth-order valence-corrected chi connectivity index (χ4v) is 4.04. The van der Waals surface area contributed by atoms with Crippen molar-refractivity contribution in [1.29, 1.82) is 0 Å². The highest BCUT2D eigenvalue weighted by Crippen LogP contribution is 2.38. The second-order valence-corrected chi connectivity index (χ2v) is 7.01. The molecule has 0 unspecified atom stereocenters. The molecule has 0 aliphatic carbocycles. The molecule has 134 valence electrons. The lowest BCUT2D eigenvalue weighted by atomic mass is 10.4. The molecule has 0 saturated heterocycles. The maximum absolute atomic E-state index is 12.3. The van der Waals surface area contributed by atoms with Crippen LogP contribution >= 0.6 is 22.7 Å². The molecule has 3 rings (SSSR count). The van der Waals surface area contributed by atoms with Crippen LogP contribution in [0, 0.1) is 0 Å². The smallest absolute Gasteiger partial charge is 0.366 e. The Labute approximate surface area is 148 Å². The first-order valence-electron chi connectivity index (χ1n) is 7.25. The van der Waals surface area contributed by atoms with Crippen molar-refractivity contribution in [3.8, 4) is 9.88 Å². The number of pyridine rings is 1. The Morgan fingerprint density at radius 3 is 2.80 bits per heavy atom. The van der Waals surface area contributed by atoms with Crippen molar-refractivity contribution in [1.82, 2.24) is 15.0 Å². The molecule has 3 aromatic rings. The summed E-state index contributed by atoms with van der Waals surface area (Å²) in [6.45, 7) is -0.635. The highest BCUT2D eigenvalue weighted by molar-refractivity contribution is 7.26. The van der Waals surface area contributed by atoms with E-state index in [0.29, 0.717) is 33.8 Å². The summed E-state index contributed by atoms with van der Waals surface area (Å²) in [6, 6.07) is 1.78. The number of hydrogen-bond acceptors (Lipinski definition) is 8. The Morgan fingerprint density at radius 2 is 2.08 bits per heavy atom. The third-order valence-electron chi connectivity index (χ3n) is 3.01. The van der Waals surface area contributed by atoms with Gasteiger partial charge in [-0.25, -0.2) is 9.97 Å². The molecule has 0 aliphatic heterocycles. The van der Waals surface area contributed by atoms with Gasteiger partial charge in [-0.15, -0.1) is 11.3 Å². The molecule has 0 amide bonds. The zero-order valence-corrected chi connectivity index (χ0v) is 14.5. The van der Waals surface area contributed by atoms with Gasteiger partial charge >= 0.3 is 6.18 Å². The Morgan fingerprint density at radius 1 is 1.24 bits per heavy atom. The lowest BCUT2D eigenvalue weighted by Crippen LogP contribution is -2.17. The van der Waals surface area contributed by atoms with Crippen LogP contribution in [-0.2, 0) is 11.3 Å². The molecule has 25 heavy (non-hydrogen) atoms. The van der Waals surface area contributed by atoms with E-state index in [1.165, 1.54) is 22.7 Å². The molecule has 3 N–H and O–H groups in total. The van der Waals surface area contributed by atoms with E-state index in [-0.39, 0.29) is 6.61 Å². The van der Waals surface area contributed by atoms with Crippen molar-refractivity contribution in [3.05, 3.63) is 24.2 Å². The van der Waals surface area contributed by atoms with Crippen molar-refractivity contribution in [2.45, 2.75) is 12.8 Å². The van der Waals surface area contributed by atoms with Crippen molar-refractivity contribution < 1.29 is 17.9 Å². The summed E-state index contributed by atoms with van der Waals surface area (Å²) in [5.74, 6) is 0. The molecule has 3 aromatic heterocycles. The number of fused-ring (bicyclic) bond motifs is 1. The minimum absolute atomic E-state index is 0.246. The van der Waals surface area contributed by atoms with E-state index < -0.39 is 12.8 Å². The first-order valence-corrected chi connectivity index (χ1v) is 8.88. The number of ether oxygens (including phenoxy) is 1. The molecule has 0 spiro atoms. The quantitative estimate of drug-likeness (QED) is 0.645. The number of nitrogens with zero attached hydrogens (tertiary/aromatic N) is 3. The SMILES string of the molecule is NCCNc1nc(COCC(F)(F)F)c(-c2nc3ccncc3s2)s1. The van der Waals surface area contributed by atoms with E-state index >= 15 is 0 Å². The summed E-state index contributed by atoms with van der Waals surface area (Å²) >= 11 is 2.72. The van der Waals surface area contributed by atoms with Crippen LogP contribution in [0.5, 0.6) is 0 Å². The average Bonchev–Trinajstić information content (AvgIpc) is 3.15. The zero-order valence-electron chi connectivity index (χ0n) is 12.8. The monoisotopic (exact) mass is 389 g/mol. The first kappa shape index (κ1) is 18.0. The maximum Gasteiger partial charge on any atom is 0.411 e. The molecular formula is C14H14F3N5OS2. The van der Waals surface area contributed by atoms with E-state index in [4.69, 9.17) is 10.5 Å². The van der Waals surface area contributed by atoms with E-state index in [0.717, 1.165) is 10.2 Å². The fourth-order valence-electron chi connectivity index (χ4n) is 2.01. The van der Waals surface area contributed by atoms with E-state index in [1.54, 1.807) is 18.5 Å². The summed E-state index contributed by atoms with van der Waals surface area (Å²) in [5.41, 5.74) is 6.66. The van der Waals surface area contributed by atoms with Crippen LogP contribution in [-0.4, -0.2) is 40.8 Å². The predicted molar refractivity (Wildman–Crippen MR) is 91.8 cm³/mol. The summed E-state index contributed by atoms with van der Waals surface area (Å²) in [7, 11) is 0. The van der Waals surface area contributed by atoms with E-state index in [9.17, 15) is 13.2 Å². The highest BCUT2D eigenvalue weighted by Gasteiger charge is 2.28. The van der Waals surface area contributed by atoms with Crippen LogP contribution in [0.2, 0.25) is 0 Å². The molecule has 0 fully saturated rings. The number of aromatic nitrogens is 3. The fraction of sp³-hybridized carbons (Fsp3) is 0.357. The van der Waals surface area contributed by atoms with Crippen LogP contribution < -0.4 is 11.1 Å². The van der Waals surface area contributed by atoms with Gasteiger partial charge in [-0.1, -0.05) is 11.3 Å². The van der Waals surface area contributed by atoms with Gasteiger partial charge in [0.05, 0.1) is 27.4 Å². The molecule has 0 saturated carbocycles. The van der Waals surface area contributed by atoms with Gasteiger partial charge in [-0.05, 0) is 6.07 Å². The van der Waals surface area contributed by atoms with Crippen LogP contribution in [0.25, 0.3) is 20.1 Å². The molecule has 0 atom stereocenters. The Hall–Kier alpha value is -1.82. The number of halogens is 3. The summed E-state index contributed by atoms with van der Waals surface area (Å²) in [6.07, 6.45) is -1.04. The molecule has 0 aliphatic rings. The number of hydrogen-bond donors (Lipinski definition) is 2. The average molecular weight is 389 g/mol. The molecule has 0 bridgehead atoms. The number of anilines is 1. The lowest BCUT2D eigenvalue weighted by Gasteiger charge is -2.06. The summed E-state index contributed by atoms with van der Waals surface area (Å²) in [5, 5.41) is 4.28. The largest absolute Gasteiger partial charge is 0.411 e. The third-order valence-corrected chi connectivity index (χ3v) is 5.22. The molecule has 3 heterocycles. The van der Waals surface area contributed by atoms with Gasteiger partial charge in [0.15, 0.2) is 5.13 Å². The second-order valence-electron chi connectivity index (χ2n) is 4.98. The number of rotatable bonds is 7. The van der Waals surface area contributed by atoms with Crippen LogP contribution in [0.1, 0.15) is 5.69 Å². The summed E-state index contributed by atoms with van der Waals surface area (Å²) in [4.78, 5) is 13.6. The predicted octanol–water partition coefficient (Wildman–Crippen LogP) is 3.26. The second kappa shape index (κ2) is 7.60. The van der Waals surface area contributed by atoms with Crippen LogP contribution in [0.3, 0.4) is 0 Å². The van der Waals surface area contributed by atoms with E-state index in [1.807, 2.05) is 0 Å². The van der Waals surface area contributed by atoms with Gasteiger partial charge in [-0.2, -0.15) is 13.2 Å². The Bertz CT molecular complexity index is 815. The highest BCUT2D eigenvalue weighted by atomic mass is 32.1. The zero-order chi connectivity index (χ0) is 17.9. The molecule has 11 heteroatoms. The number of alkyl halides is 3. The number of nitrogens with one attached hydrogen (secondary N) is 1. The first-order chi connectivity index (χ1) is 12.0. The third kappa shape index (κ3) is 4.63. The van der Waals surface area contributed by atoms with Crippen molar-refractivity contribution >= 4 is 38.0 Å². The van der Waals surface area contributed by atoms with Crippen LogP contribution in [0.4, 0.5) is 18.3 Å². The van der Waals surface area contributed by atoms with Crippen LogP contribution in [0.15, 0.2) is 18.5 Å². The van der Waals surface area contributed by atoms with Gasteiger partial charge in [0.1, 0.15) is 11.6 Å². The molecule has 0 radical (unpaired) electrons. The normalized spacial score (nSPS) is 12.0. The molecular weight excluding hydrogens is 375 g/mol. The molecule has 0 aromatic carbocycles. The van der Waals surface area contributed by atoms with Gasteiger partial charge < -0.3 is 15.8 Å². The number of thiazole rings is 2. The van der Waals surface area contributed by atoms with Gasteiger partial charge in [0, 0.05) is 25.5 Å². The molecule has 6 nitrogen and oxygen atoms in total. The lowest BCUT2D eigenvalue weighted by molar-refractivity contribution is -0.176. The Balaban J connectivity index is 1.88. The summed E-state index contributed by atoms with van der Waals surface area (Å²) < 4.78 is 42.6. The van der Waals surface area contributed by atoms with Crippen molar-refractivity contribution in [2.75, 3.05) is 25.0 Å². The minimum atomic E-state index is -4.38. The van der Waals surface area contributed by atoms with Crippen molar-refractivity contribution in [3.63, 3.8) is 0 Å². The minimum Gasteiger partial charge on any atom is -0.366 e. The number of nitrogens with two attached hydrogens (primary N) is 1. The van der Waals surface area contributed by atoms with Crippen molar-refractivity contribution in [2.24, 2.45) is 5.73 Å². The standard InChI is InChI=1S/C14H14F3N5OS2/c15-14(16,17)7-23-6-9-11(25-13(22-9)20-4-2-18)12-21-8-1-3-19-5-10(8)24-12/h1,3,5H,2,4,6-7,18H2,(H,20,22). The van der Waals surface area contributed by atoms with Gasteiger partial charge in [0.25, 0.3) is 0 Å². The van der Waals surface area contributed by atoms with Gasteiger partial charge in [0.2, 0.25) is 0 Å². The maximum atomic E-state index is 12.3.